The van der Waals surface area contributed by atoms with Crippen LogP contribution >= 0.6 is 22.7 Å². The molecule has 0 radical (unpaired) electrons. The second-order valence-electron chi connectivity index (χ2n) is 9.13. The third-order valence-corrected chi connectivity index (χ3v) is 8.43. The van der Waals surface area contributed by atoms with Crippen molar-refractivity contribution < 1.29 is 9.59 Å². The van der Waals surface area contributed by atoms with Crippen LogP contribution in [0.2, 0.25) is 0 Å². The standard InChI is InChI=1S/C27H27N5O2S2/c33-22(14-18-8-3-1-4-9-18)17-24-29-30-25(35-24)20-12-7-13-21(16-20)26-31-32-27(36-26)28-23(34)15-19-10-5-2-6-11-19/h1-6,8-11,20-21H,7,12-17H2,(H,28,32,34)/t20-,21-/m1/s1. The summed E-state index contributed by atoms with van der Waals surface area (Å²) in [5.41, 5.74) is 1.99. The van der Waals surface area contributed by atoms with Gasteiger partial charge in [0.05, 0.1) is 12.8 Å². The Bertz CT molecular complexity index is 1210. The molecule has 184 valence electrons. The Kier molecular flexibility index (Phi) is 7.88. The lowest BCUT2D eigenvalue weighted by Crippen LogP contribution is -2.14. The molecule has 1 aliphatic rings. The first kappa shape index (κ1) is 24.4. The zero-order valence-corrected chi connectivity index (χ0v) is 21.4. The van der Waals surface area contributed by atoms with Gasteiger partial charge in [0.15, 0.2) is 0 Å². The molecule has 2 aromatic heterocycles. The van der Waals surface area contributed by atoms with Crippen LogP contribution in [0.15, 0.2) is 60.7 Å². The molecule has 2 aromatic carbocycles. The van der Waals surface area contributed by atoms with E-state index in [-0.39, 0.29) is 17.6 Å². The summed E-state index contributed by atoms with van der Waals surface area (Å²) in [5, 5.41) is 23.5. The van der Waals surface area contributed by atoms with E-state index in [1.807, 2.05) is 60.7 Å². The summed E-state index contributed by atoms with van der Waals surface area (Å²) in [6, 6.07) is 19.4. The molecular formula is C27H27N5O2S2. The highest BCUT2D eigenvalue weighted by atomic mass is 32.1. The topological polar surface area (TPSA) is 97.7 Å². The summed E-state index contributed by atoms with van der Waals surface area (Å²) in [7, 11) is 0. The van der Waals surface area contributed by atoms with Gasteiger partial charge >= 0.3 is 0 Å². The molecule has 1 fully saturated rings. The number of carbonyl (C=O) groups excluding carboxylic acids is 2. The molecular weight excluding hydrogens is 490 g/mol. The van der Waals surface area contributed by atoms with Crippen molar-refractivity contribution >= 4 is 39.5 Å². The van der Waals surface area contributed by atoms with E-state index in [0.717, 1.165) is 51.8 Å². The van der Waals surface area contributed by atoms with E-state index in [1.54, 1.807) is 11.3 Å². The monoisotopic (exact) mass is 517 g/mol. The van der Waals surface area contributed by atoms with Gasteiger partial charge in [-0.05, 0) is 30.4 Å². The summed E-state index contributed by atoms with van der Waals surface area (Å²) in [6.45, 7) is 0. The van der Waals surface area contributed by atoms with Crippen LogP contribution in [0.4, 0.5) is 5.13 Å². The van der Waals surface area contributed by atoms with Crippen LogP contribution in [-0.2, 0) is 28.9 Å². The smallest absolute Gasteiger partial charge is 0.230 e. The van der Waals surface area contributed by atoms with E-state index in [9.17, 15) is 9.59 Å². The van der Waals surface area contributed by atoms with Gasteiger partial charge in [-0.1, -0.05) is 78.4 Å². The van der Waals surface area contributed by atoms with Crippen LogP contribution in [0.1, 0.15) is 63.7 Å². The molecule has 5 rings (SSSR count). The van der Waals surface area contributed by atoms with Crippen molar-refractivity contribution in [3.05, 3.63) is 86.8 Å². The van der Waals surface area contributed by atoms with E-state index in [2.05, 4.69) is 25.7 Å². The van der Waals surface area contributed by atoms with E-state index in [1.165, 1.54) is 11.3 Å². The van der Waals surface area contributed by atoms with Gasteiger partial charge < -0.3 is 5.32 Å². The van der Waals surface area contributed by atoms with E-state index < -0.39 is 0 Å². The Labute approximate surface area is 218 Å². The molecule has 1 saturated carbocycles. The number of hydrogen-bond donors (Lipinski definition) is 1. The zero-order valence-electron chi connectivity index (χ0n) is 19.8. The third kappa shape index (κ3) is 6.47. The Hall–Kier alpha value is -3.30. The Morgan fingerprint density at radius 3 is 2.06 bits per heavy atom. The minimum atomic E-state index is -0.0892. The number of nitrogens with zero attached hydrogens (tertiary/aromatic N) is 4. The molecule has 1 N–H and O–H groups in total. The van der Waals surface area contributed by atoms with Crippen LogP contribution in [0.5, 0.6) is 0 Å². The lowest BCUT2D eigenvalue weighted by molar-refractivity contribution is -0.118. The normalized spacial score (nSPS) is 17.6. The molecule has 2 atom stereocenters. The molecule has 36 heavy (non-hydrogen) atoms. The highest BCUT2D eigenvalue weighted by molar-refractivity contribution is 7.15. The summed E-state index contributed by atoms with van der Waals surface area (Å²) >= 11 is 3.02. The number of nitrogens with one attached hydrogen (secondary N) is 1. The van der Waals surface area contributed by atoms with Crippen LogP contribution in [-0.4, -0.2) is 32.1 Å². The average molecular weight is 518 g/mol. The lowest BCUT2D eigenvalue weighted by atomic mass is 9.82. The SMILES string of the molecule is O=C(Cc1ccccc1)Cc1nnc([C@@H]2CCC[C@@H](c3nnc(NC(=O)Cc4ccccc4)s3)C2)s1. The first-order valence-corrected chi connectivity index (χ1v) is 13.8. The molecule has 0 spiro atoms. The fraction of sp³-hybridized carbons (Fsp3) is 0.333. The van der Waals surface area contributed by atoms with Crippen molar-refractivity contribution in [2.45, 2.75) is 56.8 Å². The number of carbonyl (C=O) groups is 2. The fourth-order valence-corrected chi connectivity index (χ4v) is 6.52. The zero-order chi connectivity index (χ0) is 24.7. The van der Waals surface area contributed by atoms with Gasteiger partial charge in [0.25, 0.3) is 0 Å². The van der Waals surface area contributed by atoms with E-state index in [0.29, 0.717) is 30.3 Å². The van der Waals surface area contributed by atoms with Gasteiger partial charge in [-0.25, -0.2) is 0 Å². The molecule has 0 aliphatic heterocycles. The van der Waals surface area contributed by atoms with Gasteiger partial charge in [-0.15, -0.1) is 31.7 Å². The van der Waals surface area contributed by atoms with Gasteiger partial charge in [-0.2, -0.15) is 0 Å². The Morgan fingerprint density at radius 1 is 0.750 bits per heavy atom. The summed E-state index contributed by atoms with van der Waals surface area (Å²) in [5.74, 6) is 0.655. The van der Waals surface area contributed by atoms with Crippen molar-refractivity contribution in [2.24, 2.45) is 0 Å². The summed E-state index contributed by atoms with van der Waals surface area (Å²) in [6.07, 6.45) is 5.17. The van der Waals surface area contributed by atoms with Crippen LogP contribution in [0.3, 0.4) is 0 Å². The van der Waals surface area contributed by atoms with Crippen molar-refractivity contribution in [3.8, 4) is 0 Å². The third-order valence-electron chi connectivity index (χ3n) is 6.34. The number of amides is 1. The molecule has 7 nitrogen and oxygen atoms in total. The maximum Gasteiger partial charge on any atom is 0.230 e. The molecule has 2 heterocycles. The van der Waals surface area contributed by atoms with E-state index >= 15 is 0 Å². The molecule has 4 aromatic rings. The number of aromatic nitrogens is 4. The number of benzene rings is 2. The van der Waals surface area contributed by atoms with Gasteiger partial charge in [0.2, 0.25) is 11.0 Å². The number of ketones is 1. The minimum Gasteiger partial charge on any atom is -0.300 e. The minimum absolute atomic E-state index is 0.0892. The number of anilines is 1. The van der Waals surface area contributed by atoms with Crippen molar-refractivity contribution in [3.63, 3.8) is 0 Å². The van der Waals surface area contributed by atoms with Crippen molar-refractivity contribution in [1.82, 2.24) is 20.4 Å². The number of Topliss-reactive ketones (excluding diaryl/α,β-unsaturated/α-hetero) is 1. The highest BCUT2D eigenvalue weighted by Crippen LogP contribution is 2.43. The second kappa shape index (κ2) is 11.6. The van der Waals surface area contributed by atoms with Gasteiger partial charge in [0.1, 0.15) is 20.8 Å². The average Bonchev–Trinajstić information content (AvgIpc) is 3.55. The number of rotatable bonds is 9. The van der Waals surface area contributed by atoms with Crippen LogP contribution in [0.25, 0.3) is 0 Å². The van der Waals surface area contributed by atoms with Crippen LogP contribution in [0, 0.1) is 0 Å². The quantitative estimate of drug-likeness (QED) is 0.321. The highest BCUT2D eigenvalue weighted by Gasteiger charge is 2.29. The Morgan fingerprint density at radius 2 is 1.36 bits per heavy atom. The first-order chi connectivity index (χ1) is 17.6. The molecule has 1 aliphatic carbocycles. The number of hydrogen-bond acceptors (Lipinski definition) is 8. The largest absolute Gasteiger partial charge is 0.300 e. The Balaban J connectivity index is 1.15. The summed E-state index contributed by atoms with van der Waals surface area (Å²) < 4.78 is 0. The molecule has 0 unspecified atom stereocenters. The fourth-order valence-electron chi connectivity index (χ4n) is 4.59. The predicted octanol–water partition coefficient (Wildman–Crippen LogP) is 5.37. The van der Waals surface area contributed by atoms with Crippen LogP contribution < -0.4 is 5.32 Å². The first-order valence-electron chi connectivity index (χ1n) is 12.2. The van der Waals surface area contributed by atoms with Crippen molar-refractivity contribution in [1.29, 1.82) is 0 Å². The molecule has 1 amide bonds. The molecule has 9 heteroatoms. The van der Waals surface area contributed by atoms with Crippen molar-refractivity contribution in [2.75, 3.05) is 5.32 Å². The predicted molar refractivity (Wildman–Crippen MR) is 141 cm³/mol. The van der Waals surface area contributed by atoms with Gasteiger partial charge in [-0.3, -0.25) is 9.59 Å². The maximum absolute atomic E-state index is 12.5. The summed E-state index contributed by atoms with van der Waals surface area (Å²) in [4.78, 5) is 24.9. The van der Waals surface area contributed by atoms with Gasteiger partial charge in [0, 0.05) is 18.3 Å². The van der Waals surface area contributed by atoms with E-state index in [4.69, 9.17) is 0 Å². The maximum atomic E-state index is 12.5. The molecule has 0 bridgehead atoms. The lowest BCUT2D eigenvalue weighted by Gasteiger charge is -2.25. The second-order valence-corrected chi connectivity index (χ2v) is 11.2. The molecule has 0 saturated heterocycles.